The average Bonchev–Trinajstić information content (AvgIpc) is 2.88. The number of likely N-dealkylation sites (tertiary alicyclic amines) is 1. The number of nitrogens with one attached hydrogen (secondary N) is 1. The number of alkyl halides is 2. The normalized spacial score (nSPS) is 20.4. The average molecular weight is 465 g/mol. The number of amides is 1. The molecule has 2 fully saturated rings. The van der Waals surface area contributed by atoms with E-state index in [1.54, 1.807) is 37.4 Å². The van der Waals surface area contributed by atoms with Gasteiger partial charge in [-0.15, -0.1) is 0 Å². The first-order valence-corrected chi connectivity index (χ1v) is 12.0. The number of hydrogen-bond acceptors (Lipinski definition) is 3. The summed E-state index contributed by atoms with van der Waals surface area (Å²) in [6.07, 6.45) is 2.36. The fourth-order valence-electron chi connectivity index (χ4n) is 5.94. The summed E-state index contributed by atoms with van der Waals surface area (Å²) in [6, 6.07) is 19.8. The van der Waals surface area contributed by atoms with Gasteiger partial charge in [-0.1, -0.05) is 60.7 Å². The van der Waals surface area contributed by atoms with Crippen LogP contribution in [0, 0.1) is 5.41 Å². The Morgan fingerprint density at radius 3 is 2.50 bits per heavy atom. The first kappa shape index (κ1) is 22.8. The van der Waals surface area contributed by atoms with Crippen LogP contribution in [0.2, 0.25) is 0 Å². The van der Waals surface area contributed by atoms with Gasteiger partial charge in [0.25, 0.3) is 5.91 Å². The van der Waals surface area contributed by atoms with Crippen LogP contribution in [-0.2, 0) is 10.7 Å². The molecular formula is C28H30F2N2O2. The molecule has 3 aromatic carbocycles. The Morgan fingerprint density at radius 1 is 1.00 bits per heavy atom. The number of benzene rings is 3. The molecule has 0 saturated carbocycles. The quantitative estimate of drug-likeness (QED) is 0.568. The molecule has 0 radical (unpaired) electrons. The SMILES string of the molecule is COc1ccccc1C1CNCCC12CCN(C(=O)C(F)(F)c1cccc3ccccc13)CC2. The molecule has 4 nitrogen and oxygen atoms in total. The van der Waals surface area contributed by atoms with Crippen LogP contribution in [0.5, 0.6) is 5.75 Å². The third-order valence-corrected chi connectivity index (χ3v) is 7.84. The predicted octanol–water partition coefficient (Wildman–Crippen LogP) is 5.33. The topological polar surface area (TPSA) is 41.6 Å². The van der Waals surface area contributed by atoms with Crippen molar-refractivity contribution in [2.45, 2.75) is 31.1 Å². The lowest BCUT2D eigenvalue weighted by Crippen LogP contribution is -2.53. The van der Waals surface area contributed by atoms with Crippen molar-refractivity contribution >= 4 is 16.7 Å². The van der Waals surface area contributed by atoms with E-state index < -0.39 is 11.8 Å². The molecule has 0 bridgehead atoms. The van der Waals surface area contributed by atoms with Crippen molar-refractivity contribution in [1.29, 1.82) is 0 Å². The second kappa shape index (κ2) is 8.99. The molecule has 3 aromatic rings. The number of hydrogen-bond donors (Lipinski definition) is 1. The molecule has 6 heteroatoms. The van der Waals surface area contributed by atoms with Gasteiger partial charge in [0.05, 0.1) is 7.11 Å². The number of carbonyl (C=O) groups excluding carboxylic acids is 1. The molecule has 2 heterocycles. The molecule has 1 unspecified atom stereocenters. The molecule has 34 heavy (non-hydrogen) atoms. The van der Waals surface area contributed by atoms with E-state index in [9.17, 15) is 4.79 Å². The smallest absolute Gasteiger partial charge is 0.350 e. The second-order valence-corrected chi connectivity index (χ2v) is 9.50. The minimum Gasteiger partial charge on any atom is -0.496 e. The van der Waals surface area contributed by atoms with Crippen molar-refractivity contribution in [3.63, 3.8) is 0 Å². The lowest BCUT2D eigenvalue weighted by molar-refractivity contribution is -0.161. The number of halogens is 2. The van der Waals surface area contributed by atoms with E-state index in [1.807, 2.05) is 24.3 Å². The monoisotopic (exact) mass is 464 g/mol. The van der Waals surface area contributed by atoms with Gasteiger partial charge in [0, 0.05) is 31.1 Å². The number of nitrogens with zero attached hydrogens (tertiary/aromatic N) is 1. The Kier molecular flexibility index (Phi) is 6.02. The fraction of sp³-hybridized carbons (Fsp3) is 0.393. The highest BCUT2D eigenvalue weighted by molar-refractivity contribution is 5.93. The van der Waals surface area contributed by atoms with Gasteiger partial charge in [-0.25, -0.2) is 0 Å². The molecule has 5 rings (SSSR count). The third-order valence-electron chi connectivity index (χ3n) is 7.84. The molecular weight excluding hydrogens is 434 g/mol. The number of piperidine rings is 2. The van der Waals surface area contributed by atoms with Gasteiger partial charge in [-0.2, -0.15) is 8.78 Å². The van der Waals surface area contributed by atoms with E-state index in [-0.39, 0.29) is 16.9 Å². The van der Waals surface area contributed by atoms with Crippen LogP contribution in [0.25, 0.3) is 10.8 Å². The number of para-hydroxylation sites is 1. The minimum absolute atomic E-state index is 0.0363. The zero-order valence-corrected chi connectivity index (χ0v) is 19.4. The standard InChI is InChI=1S/C28H30F2N2O2/c1-34-25-12-5-4-10-22(25)24-19-31-16-13-27(24)14-17-32(18-15-27)26(33)28(29,30)23-11-6-8-20-7-2-3-9-21(20)23/h2-12,24,31H,13-19H2,1H3. The van der Waals surface area contributed by atoms with Gasteiger partial charge in [0.1, 0.15) is 5.75 Å². The van der Waals surface area contributed by atoms with Gasteiger partial charge < -0.3 is 15.0 Å². The summed E-state index contributed by atoms with van der Waals surface area (Å²) in [4.78, 5) is 14.5. The lowest BCUT2D eigenvalue weighted by Gasteiger charge is -2.50. The molecule has 1 atom stereocenters. The summed E-state index contributed by atoms with van der Waals surface area (Å²) >= 11 is 0. The number of fused-ring (bicyclic) bond motifs is 1. The van der Waals surface area contributed by atoms with Crippen molar-refractivity contribution in [3.05, 3.63) is 77.9 Å². The van der Waals surface area contributed by atoms with Crippen LogP contribution >= 0.6 is 0 Å². The van der Waals surface area contributed by atoms with Crippen molar-refractivity contribution in [2.75, 3.05) is 33.3 Å². The van der Waals surface area contributed by atoms with Gasteiger partial charge in [0.15, 0.2) is 0 Å². The third kappa shape index (κ3) is 3.84. The number of ether oxygens (including phenoxy) is 1. The van der Waals surface area contributed by atoms with Gasteiger partial charge >= 0.3 is 5.92 Å². The van der Waals surface area contributed by atoms with Crippen molar-refractivity contribution in [3.8, 4) is 5.75 Å². The Balaban J connectivity index is 1.38. The number of carbonyl (C=O) groups is 1. The van der Waals surface area contributed by atoms with Crippen molar-refractivity contribution < 1.29 is 18.3 Å². The molecule has 2 saturated heterocycles. The summed E-state index contributed by atoms with van der Waals surface area (Å²) in [5.74, 6) is -3.59. The highest BCUT2D eigenvalue weighted by Gasteiger charge is 2.49. The van der Waals surface area contributed by atoms with Crippen LogP contribution in [0.15, 0.2) is 66.7 Å². The molecule has 1 amide bonds. The maximum Gasteiger partial charge on any atom is 0.350 e. The van der Waals surface area contributed by atoms with E-state index in [4.69, 9.17) is 4.74 Å². The number of rotatable bonds is 4. The highest BCUT2D eigenvalue weighted by atomic mass is 19.3. The van der Waals surface area contributed by atoms with E-state index in [2.05, 4.69) is 11.4 Å². The second-order valence-electron chi connectivity index (χ2n) is 9.50. The van der Waals surface area contributed by atoms with Crippen LogP contribution < -0.4 is 10.1 Å². The lowest BCUT2D eigenvalue weighted by atomic mass is 9.62. The van der Waals surface area contributed by atoms with Crippen LogP contribution in [0.3, 0.4) is 0 Å². The van der Waals surface area contributed by atoms with Gasteiger partial charge in [0.2, 0.25) is 0 Å². The Bertz CT molecular complexity index is 1180. The van der Waals surface area contributed by atoms with Crippen molar-refractivity contribution in [2.24, 2.45) is 5.41 Å². The zero-order valence-electron chi connectivity index (χ0n) is 19.4. The Labute approximate surface area is 198 Å². The van der Waals surface area contributed by atoms with Gasteiger partial charge in [-0.3, -0.25) is 4.79 Å². The summed E-state index contributed by atoms with van der Waals surface area (Å²) in [5.41, 5.74) is 0.897. The summed E-state index contributed by atoms with van der Waals surface area (Å²) in [7, 11) is 1.68. The van der Waals surface area contributed by atoms with Crippen molar-refractivity contribution in [1.82, 2.24) is 10.2 Å². The highest BCUT2D eigenvalue weighted by Crippen LogP contribution is 2.50. The van der Waals surface area contributed by atoms with E-state index >= 15 is 8.78 Å². The molecule has 1 N–H and O–H groups in total. The minimum atomic E-state index is -3.57. The first-order valence-electron chi connectivity index (χ1n) is 12.0. The van der Waals surface area contributed by atoms with E-state index in [0.717, 1.165) is 30.8 Å². The molecule has 2 aliphatic heterocycles. The molecule has 178 valence electrons. The van der Waals surface area contributed by atoms with Crippen LogP contribution in [-0.4, -0.2) is 44.1 Å². The maximum absolute atomic E-state index is 15.5. The Hall–Kier alpha value is -2.99. The summed E-state index contributed by atoms with van der Waals surface area (Å²) in [5, 5.41) is 4.63. The molecule has 1 spiro atoms. The largest absolute Gasteiger partial charge is 0.496 e. The molecule has 2 aliphatic rings. The molecule has 0 aromatic heterocycles. The van der Waals surface area contributed by atoms with Crippen LogP contribution in [0.1, 0.15) is 36.3 Å². The zero-order chi connectivity index (χ0) is 23.8. The molecule has 0 aliphatic carbocycles. The fourth-order valence-corrected chi connectivity index (χ4v) is 5.94. The maximum atomic E-state index is 15.5. The number of methoxy groups -OCH3 is 1. The van der Waals surface area contributed by atoms with E-state index in [1.165, 1.54) is 11.0 Å². The summed E-state index contributed by atoms with van der Waals surface area (Å²) in [6.45, 7) is 2.39. The van der Waals surface area contributed by atoms with Gasteiger partial charge in [-0.05, 0) is 53.6 Å². The predicted molar refractivity (Wildman–Crippen MR) is 129 cm³/mol. The Morgan fingerprint density at radius 2 is 1.71 bits per heavy atom. The van der Waals surface area contributed by atoms with Crippen LogP contribution in [0.4, 0.5) is 8.78 Å². The first-order chi connectivity index (χ1) is 16.5. The van der Waals surface area contributed by atoms with E-state index in [0.29, 0.717) is 36.7 Å². The summed E-state index contributed by atoms with van der Waals surface area (Å²) < 4.78 is 36.7.